The van der Waals surface area contributed by atoms with Crippen LogP contribution in [0.2, 0.25) is 0 Å². The number of carboxylic acid groups (broad SMARTS) is 1. The first-order valence-electron chi connectivity index (χ1n) is 5.17. The van der Waals surface area contributed by atoms with Crippen molar-refractivity contribution < 1.29 is 9.90 Å². The summed E-state index contributed by atoms with van der Waals surface area (Å²) in [5.74, 6) is -1.01. The fourth-order valence-electron chi connectivity index (χ4n) is 1.79. The second-order valence-corrected chi connectivity index (χ2v) is 3.73. The van der Waals surface area contributed by atoms with Gasteiger partial charge < -0.3 is 9.67 Å². The van der Waals surface area contributed by atoms with Gasteiger partial charge in [0.25, 0.3) is 0 Å². The third-order valence-corrected chi connectivity index (χ3v) is 2.47. The monoisotopic (exact) mass is 219 g/mol. The number of hydrogen-bond acceptors (Lipinski definition) is 3. The number of carboxylic acids is 1. The van der Waals surface area contributed by atoms with Crippen LogP contribution < -0.4 is 0 Å². The molecule has 84 valence electrons. The first kappa shape index (κ1) is 10.6. The van der Waals surface area contributed by atoms with Crippen molar-refractivity contribution in [3.63, 3.8) is 0 Å². The maximum Gasteiger partial charge on any atom is 0.354 e. The molecule has 0 aromatic carbocycles. The Bertz CT molecular complexity index is 545. The molecule has 0 fully saturated rings. The number of aryl methyl sites for hydroxylation is 2. The van der Waals surface area contributed by atoms with Crippen LogP contribution in [0.4, 0.5) is 0 Å². The van der Waals surface area contributed by atoms with E-state index < -0.39 is 5.97 Å². The van der Waals surface area contributed by atoms with E-state index >= 15 is 0 Å². The van der Waals surface area contributed by atoms with E-state index in [4.69, 9.17) is 5.11 Å². The number of rotatable bonds is 3. The van der Waals surface area contributed by atoms with Crippen LogP contribution in [0.1, 0.15) is 29.5 Å². The first-order valence-corrected chi connectivity index (χ1v) is 5.17. The molecule has 0 atom stereocenters. The van der Waals surface area contributed by atoms with Gasteiger partial charge in [-0.1, -0.05) is 13.3 Å². The van der Waals surface area contributed by atoms with Crippen molar-refractivity contribution >= 4 is 17.0 Å². The Kier molecular flexibility index (Phi) is 2.60. The van der Waals surface area contributed by atoms with Crippen molar-refractivity contribution in [1.29, 1.82) is 0 Å². The molecule has 0 saturated carbocycles. The molecular weight excluding hydrogens is 206 g/mol. The average molecular weight is 219 g/mol. The number of nitrogens with zero attached hydrogens (tertiary/aromatic N) is 3. The van der Waals surface area contributed by atoms with Crippen LogP contribution in [0.5, 0.6) is 0 Å². The van der Waals surface area contributed by atoms with Crippen molar-refractivity contribution in [3.05, 3.63) is 23.8 Å². The Balaban J connectivity index is 2.70. The van der Waals surface area contributed by atoms with Crippen molar-refractivity contribution in [1.82, 2.24) is 14.5 Å². The second-order valence-electron chi connectivity index (χ2n) is 3.73. The van der Waals surface area contributed by atoms with Gasteiger partial charge in [-0.2, -0.15) is 0 Å². The topological polar surface area (TPSA) is 68.0 Å². The molecule has 2 heterocycles. The van der Waals surface area contributed by atoms with Crippen molar-refractivity contribution in [2.24, 2.45) is 7.05 Å². The molecule has 16 heavy (non-hydrogen) atoms. The van der Waals surface area contributed by atoms with Gasteiger partial charge >= 0.3 is 5.97 Å². The van der Waals surface area contributed by atoms with Gasteiger partial charge in [-0.15, -0.1) is 0 Å². The lowest BCUT2D eigenvalue weighted by atomic mass is 10.2. The van der Waals surface area contributed by atoms with Gasteiger partial charge in [0.05, 0.1) is 23.1 Å². The standard InChI is InChI=1S/C11H13N3O2/c1-3-4-7-10-8(12-6-14(10)2)5-9(13-7)11(15)16/h5-6H,3-4H2,1-2H3,(H,15,16). The van der Waals surface area contributed by atoms with E-state index in [-0.39, 0.29) is 5.69 Å². The van der Waals surface area contributed by atoms with Crippen LogP contribution >= 0.6 is 0 Å². The van der Waals surface area contributed by atoms with Crippen LogP contribution in [0.25, 0.3) is 11.0 Å². The highest BCUT2D eigenvalue weighted by Crippen LogP contribution is 2.18. The van der Waals surface area contributed by atoms with Crippen molar-refractivity contribution in [2.45, 2.75) is 19.8 Å². The summed E-state index contributed by atoms with van der Waals surface area (Å²) in [4.78, 5) is 19.2. The molecule has 5 heteroatoms. The third kappa shape index (κ3) is 1.64. The van der Waals surface area contributed by atoms with Crippen LogP contribution in [0.15, 0.2) is 12.4 Å². The lowest BCUT2D eigenvalue weighted by Crippen LogP contribution is -2.05. The van der Waals surface area contributed by atoms with Crippen LogP contribution in [-0.4, -0.2) is 25.6 Å². The first-order chi connectivity index (χ1) is 7.63. The van der Waals surface area contributed by atoms with Gasteiger partial charge in [-0.3, -0.25) is 0 Å². The SMILES string of the molecule is CCCc1nc(C(=O)O)cc2ncn(C)c12. The number of aromatic carboxylic acids is 1. The van der Waals surface area contributed by atoms with Gasteiger partial charge in [0, 0.05) is 7.05 Å². The van der Waals surface area contributed by atoms with E-state index in [0.717, 1.165) is 24.1 Å². The zero-order valence-corrected chi connectivity index (χ0v) is 9.27. The molecule has 1 N–H and O–H groups in total. The number of pyridine rings is 1. The van der Waals surface area contributed by atoms with Crippen LogP contribution in [0.3, 0.4) is 0 Å². The Hall–Kier alpha value is -1.91. The zero-order chi connectivity index (χ0) is 11.7. The van der Waals surface area contributed by atoms with Gasteiger partial charge in [0.1, 0.15) is 0 Å². The predicted molar refractivity (Wildman–Crippen MR) is 59.5 cm³/mol. The van der Waals surface area contributed by atoms with Gasteiger partial charge in [0.2, 0.25) is 0 Å². The van der Waals surface area contributed by atoms with Crippen molar-refractivity contribution in [2.75, 3.05) is 0 Å². The van der Waals surface area contributed by atoms with E-state index in [1.165, 1.54) is 6.07 Å². The summed E-state index contributed by atoms with van der Waals surface area (Å²) in [5.41, 5.74) is 2.48. The summed E-state index contributed by atoms with van der Waals surface area (Å²) in [6, 6.07) is 1.51. The summed E-state index contributed by atoms with van der Waals surface area (Å²) in [6.07, 6.45) is 3.37. The number of imidazole rings is 1. The minimum atomic E-state index is -1.01. The molecule has 0 aliphatic rings. The highest BCUT2D eigenvalue weighted by Gasteiger charge is 2.13. The van der Waals surface area contributed by atoms with Gasteiger partial charge in [-0.05, 0) is 12.5 Å². The van der Waals surface area contributed by atoms with Crippen LogP contribution in [-0.2, 0) is 13.5 Å². The highest BCUT2D eigenvalue weighted by molar-refractivity contribution is 5.90. The van der Waals surface area contributed by atoms with Gasteiger partial charge in [-0.25, -0.2) is 14.8 Å². The van der Waals surface area contributed by atoms with Crippen LogP contribution in [0, 0.1) is 0 Å². The summed E-state index contributed by atoms with van der Waals surface area (Å²) in [5, 5.41) is 8.95. The molecule has 2 aromatic rings. The average Bonchev–Trinajstić information content (AvgIpc) is 2.61. The molecule has 0 radical (unpaired) electrons. The minimum Gasteiger partial charge on any atom is -0.477 e. The largest absolute Gasteiger partial charge is 0.477 e. The molecule has 0 saturated heterocycles. The third-order valence-electron chi connectivity index (χ3n) is 2.47. The van der Waals surface area contributed by atoms with E-state index in [0.29, 0.717) is 5.52 Å². The summed E-state index contributed by atoms with van der Waals surface area (Å²) in [6.45, 7) is 2.04. The molecule has 0 spiro atoms. The number of aromatic nitrogens is 3. The normalized spacial score (nSPS) is 10.9. The smallest absolute Gasteiger partial charge is 0.354 e. The summed E-state index contributed by atoms with van der Waals surface area (Å²) < 4.78 is 1.87. The summed E-state index contributed by atoms with van der Waals surface area (Å²) >= 11 is 0. The Morgan fingerprint density at radius 2 is 2.31 bits per heavy atom. The molecule has 5 nitrogen and oxygen atoms in total. The molecule has 0 bridgehead atoms. The second kappa shape index (κ2) is 3.92. The highest BCUT2D eigenvalue weighted by atomic mass is 16.4. The quantitative estimate of drug-likeness (QED) is 0.851. The zero-order valence-electron chi connectivity index (χ0n) is 9.27. The van der Waals surface area contributed by atoms with Gasteiger partial charge in [0.15, 0.2) is 5.69 Å². The number of carbonyl (C=O) groups is 1. The predicted octanol–water partition coefficient (Wildman–Crippen LogP) is 1.62. The maximum absolute atomic E-state index is 10.9. The molecule has 0 aliphatic heterocycles. The fourth-order valence-corrected chi connectivity index (χ4v) is 1.79. The minimum absolute atomic E-state index is 0.0645. The lowest BCUT2D eigenvalue weighted by Gasteiger charge is -2.04. The fraction of sp³-hybridized carbons (Fsp3) is 0.364. The molecule has 0 unspecified atom stereocenters. The molecule has 2 aromatic heterocycles. The maximum atomic E-state index is 10.9. The molecule has 0 aliphatic carbocycles. The Labute approximate surface area is 92.8 Å². The number of hydrogen-bond donors (Lipinski definition) is 1. The molecule has 0 amide bonds. The van der Waals surface area contributed by atoms with E-state index in [9.17, 15) is 4.79 Å². The Morgan fingerprint density at radius 1 is 1.56 bits per heavy atom. The molecule has 2 rings (SSSR count). The summed E-state index contributed by atoms with van der Waals surface area (Å²) in [7, 11) is 1.89. The van der Waals surface area contributed by atoms with Crippen molar-refractivity contribution in [3.8, 4) is 0 Å². The lowest BCUT2D eigenvalue weighted by molar-refractivity contribution is 0.0690. The molecular formula is C11H13N3O2. The van der Waals surface area contributed by atoms with E-state index in [1.54, 1.807) is 6.33 Å². The van der Waals surface area contributed by atoms with E-state index in [2.05, 4.69) is 9.97 Å². The van der Waals surface area contributed by atoms with E-state index in [1.807, 2.05) is 18.5 Å². The Morgan fingerprint density at radius 3 is 2.94 bits per heavy atom. The number of fused-ring (bicyclic) bond motifs is 1.